The van der Waals surface area contributed by atoms with Crippen molar-refractivity contribution < 1.29 is 54.9 Å². The van der Waals surface area contributed by atoms with Crippen LogP contribution in [0.3, 0.4) is 0 Å². The van der Waals surface area contributed by atoms with Gasteiger partial charge in [0.1, 0.15) is 5.60 Å². The number of alkyl halides is 6. The van der Waals surface area contributed by atoms with Gasteiger partial charge in [0.15, 0.2) is 11.4 Å². The normalized spacial score (nSPS) is 14.1. The molecule has 1 unspecified atom stereocenters. The zero-order valence-electron chi connectivity index (χ0n) is 22.5. The Labute approximate surface area is 235 Å². The molecule has 2 N–H and O–H groups in total. The molecule has 2 aromatic heterocycles. The predicted octanol–water partition coefficient (Wildman–Crippen LogP) is 6.84. The van der Waals surface area contributed by atoms with Gasteiger partial charge in [-0.15, -0.1) is 16.8 Å². The Morgan fingerprint density at radius 3 is 2.21 bits per heavy atom. The van der Waals surface area contributed by atoms with Crippen molar-refractivity contribution in [2.45, 2.75) is 50.7 Å². The Hall–Kier alpha value is -4.47. The van der Waals surface area contributed by atoms with Gasteiger partial charge in [0, 0.05) is 6.42 Å². The van der Waals surface area contributed by atoms with Crippen LogP contribution in [0.25, 0.3) is 11.6 Å². The topological polar surface area (TPSA) is 137 Å². The maximum Gasteiger partial charge on any atom is 0.426 e. The summed E-state index contributed by atoms with van der Waals surface area (Å²) in [6.45, 7) is 13.9. The number of nitrogens with zero attached hydrogens (tertiary/aromatic N) is 3. The number of halogens is 6. The van der Waals surface area contributed by atoms with E-state index in [0.29, 0.717) is 0 Å². The first kappa shape index (κ1) is 33.7. The number of rotatable bonds is 11. The maximum atomic E-state index is 14.5. The largest absolute Gasteiger partial charge is 0.476 e. The molecule has 0 saturated heterocycles. The summed E-state index contributed by atoms with van der Waals surface area (Å²) in [5, 5.41) is 18.2. The summed E-state index contributed by atoms with van der Waals surface area (Å²) < 4.78 is 100.0. The quantitative estimate of drug-likeness (QED) is 0.160. The Bertz CT molecular complexity index is 1390. The number of amides is 1. The van der Waals surface area contributed by atoms with E-state index in [0.717, 1.165) is 6.08 Å². The van der Waals surface area contributed by atoms with E-state index in [1.807, 2.05) is 5.32 Å². The number of nitrogens with one attached hydrogen (secondary N) is 1. The van der Waals surface area contributed by atoms with Crippen LogP contribution in [0.4, 0.5) is 36.8 Å². The van der Waals surface area contributed by atoms with E-state index in [1.54, 1.807) is 0 Å². The summed E-state index contributed by atoms with van der Waals surface area (Å²) in [4.78, 5) is 27.4. The molecule has 0 aliphatic carbocycles. The predicted molar refractivity (Wildman–Crippen MR) is 136 cm³/mol. The first-order valence-electron chi connectivity index (χ1n) is 11.7. The molecule has 0 fully saturated rings. The van der Waals surface area contributed by atoms with E-state index in [4.69, 9.17) is 13.9 Å². The molecule has 2 rings (SSSR count). The van der Waals surface area contributed by atoms with Gasteiger partial charge >= 0.3 is 24.4 Å². The average Bonchev–Trinajstić information content (AvgIpc) is 3.33. The number of pyridine rings is 1. The average molecular weight is 605 g/mol. The number of anilines is 1. The van der Waals surface area contributed by atoms with Crippen molar-refractivity contribution in [2.75, 3.05) is 11.9 Å². The second kappa shape index (κ2) is 12.6. The van der Waals surface area contributed by atoms with E-state index < -0.39 is 83.1 Å². The molecule has 0 aliphatic heterocycles. The van der Waals surface area contributed by atoms with Crippen molar-refractivity contribution in [3.63, 3.8) is 0 Å². The lowest BCUT2D eigenvalue weighted by Gasteiger charge is -2.31. The summed E-state index contributed by atoms with van der Waals surface area (Å²) in [7, 11) is 0. The number of ether oxygens (including phenoxy) is 2. The highest BCUT2D eigenvalue weighted by molar-refractivity contribution is 5.93. The minimum Gasteiger partial charge on any atom is -0.476 e. The van der Waals surface area contributed by atoms with Gasteiger partial charge in [-0.25, -0.2) is 14.6 Å². The van der Waals surface area contributed by atoms with Gasteiger partial charge in [-0.05, 0) is 32.4 Å². The number of aromatic carboxylic acids is 1. The highest BCUT2D eigenvalue weighted by Gasteiger charge is 2.61. The van der Waals surface area contributed by atoms with Crippen LogP contribution in [0.15, 0.2) is 60.1 Å². The van der Waals surface area contributed by atoms with Crippen LogP contribution in [0, 0.1) is 0 Å². The fraction of sp³-hybridized carbons (Fsp3) is 0.346. The van der Waals surface area contributed by atoms with Crippen molar-refractivity contribution in [3.8, 4) is 11.6 Å². The lowest BCUT2D eigenvalue weighted by atomic mass is 9.98. The third-order valence-corrected chi connectivity index (χ3v) is 5.11. The van der Waals surface area contributed by atoms with E-state index in [9.17, 15) is 41.0 Å². The molecular weight excluding hydrogens is 578 g/mol. The lowest BCUT2D eigenvalue weighted by molar-refractivity contribution is -0.289. The van der Waals surface area contributed by atoms with Crippen molar-refractivity contribution in [1.82, 2.24) is 15.2 Å². The molecule has 1 atom stereocenters. The maximum absolute atomic E-state index is 14.5. The summed E-state index contributed by atoms with van der Waals surface area (Å²) in [5.41, 5.74) is -9.33. The first-order chi connectivity index (χ1) is 19.3. The second-order valence-corrected chi connectivity index (χ2v) is 9.41. The fourth-order valence-electron chi connectivity index (χ4n) is 3.31. The molecule has 0 bridgehead atoms. The standard InChI is InChI=1S/C26H26F6N4O6/c1-7-10-14(9-3)13-40-24(11-8-2,26(30,31)32)21-36-35-19(41-21)18-16(33-22(39)42-23(4,5)6)12-15(25(27,28)29)17(34-18)20(37)38/h7-10,12H,1-3,11,13H2,4-6H3,(H,33,39)(H,37,38)/b14-10+. The van der Waals surface area contributed by atoms with Gasteiger partial charge in [-0.2, -0.15) is 26.3 Å². The third kappa shape index (κ3) is 7.84. The molecular formula is C26H26F6N4O6. The van der Waals surface area contributed by atoms with Gasteiger partial charge in [0.25, 0.3) is 11.8 Å². The van der Waals surface area contributed by atoms with Crippen molar-refractivity contribution in [1.29, 1.82) is 0 Å². The molecule has 1 amide bonds. The Morgan fingerprint density at radius 2 is 1.74 bits per heavy atom. The Kier molecular flexibility index (Phi) is 10.1. The number of carboxylic acids is 1. The van der Waals surface area contributed by atoms with E-state index >= 15 is 0 Å². The minimum atomic E-state index is -5.27. The van der Waals surface area contributed by atoms with Gasteiger partial charge in [0.05, 0.1) is 17.9 Å². The first-order valence-corrected chi connectivity index (χ1v) is 11.7. The smallest absolute Gasteiger partial charge is 0.426 e. The number of hydrogen-bond acceptors (Lipinski definition) is 8. The van der Waals surface area contributed by atoms with E-state index in [-0.39, 0.29) is 11.6 Å². The zero-order chi connectivity index (χ0) is 32.1. The molecule has 42 heavy (non-hydrogen) atoms. The van der Waals surface area contributed by atoms with Crippen molar-refractivity contribution >= 4 is 17.7 Å². The van der Waals surface area contributed by atoms with Gasteiger partial charge < -0.3 is 19.0 Å². The van der Waals surface area contributed by atoms with Crippen LogP contribution < -0.4 is 5.32 Å². The van der Waals surface area contributed by atoms with Crippen LogP contribution >= 0.6 is 0 Å². The van der Waals surface area contributed by atoms with Crippen LogP contribution in [-0.4, -0.2) is 50.7 Å². The summed E-state index contributed by atoms with van der Waals surface area (Å²) in [6.07, 6.45) is -8.07. The Morgan fingerprint density at radius 1 is 1.10 bits per heavy atom. The lowest BCUT2D eigenvalue weighted by Crippen LogP contribution is -2.45. The fourth-order valence-corrected chi connectivity index (χ4v) is 3.31. The molecule has 0 saturated carbocycles. The van der Waals surface area contributed by atoms with Crippen molar-refractivity contribution in [2.24, 2.45) is 0 Å². The van der Waals surface area contributed by atoms with Crippen LogP contribution in [-0.2, 0) is 21.3 Å². The molecule has 228 valence electrons. The van der Waals surface area contributed by atoms with Crippen LogP contribution in [0.5, 0.6) is 0 Å². The minimum absolute atomic E-state index is 0.182. The molecule has 0 spiro atoms. The highest BCUT2D eigenvalue weighted by Crippen LogP contribution is 2.46. The van der Waals surface area contributed by atoms with Crippen molar-refractivity contribution in [3.05, 3.63) is 72.8 Å². The third-order valence-electron chi connectivity index (χ3n) is 5.11. The molecule has 2 heterocycles. The Balaban J connectivity index is 2.81. The molecule has 2 aromatic rings. The number of carbonyl (C=O) groups excluding carboxylic acids is 1. The van der Waals surface area contributed by atoms with Crippen LogP contribution in [0.2, 0.25) is 0 Å². The van der Waals surface area contributed by atoms with Gasteiger partial charge in [0.2, 0.25) is 5.60 Å². The molecule has 0 aromatic carbocycles. The molecule has 10 nitrogen and oxygen atoms in total. The summed E-state index contributed by atoms with van der Waals surface area (Å²) in [5.74, 6) is -4.33. The van der Waals surface area contributed by atoms with Crippen LogP contribution in [0.1, 0.15) is 49.1 Å². The summed E-state index contributed by atoms with van der Waals surface area (Å²) in [6, 6.07) is 0.202. The van der Waals surface area contributed by atoms with E-state index in [2.05, 4.69) is 34.9 Å². The zero-order valence-corrected chi connectivity index (χ0v) is 22.5. The van der Waals surface area contributed by atoms with Gasteiger partial charge in [-0.1, -0.05) is 37.5 Å². The number of carbonyl (C=O) groups is 2. The molecule has 0 radical (unpaired) electrons. The monoisotopic (exact) mass is 604 g/mol. The number of carboxylic acid groups (broad SMARTS) is 1. The summed E-state index contributed by atoms with van der Waals surface area (Å²) >= 11 is 0. The van der Waals surface area contributed by atoms with E-state index in [1.165, 1.54) is 39.0 Å². The number of aromatic nitrogens is 3. The van der Waals surface area contributed by atoms with Gasteiger partial charge in [-0.3, -0.25) is 5.32 Å². The number of hydrogen-bond donors (Lipinski definition) is 2. The second-order valence-electron chi connectivity index (χ2n) is 9.41. The molecule has 16 heteroatoms. The highest BCUT2D eigenvalue weighted by atomic mass is 19.4. The SMILES string of the molecule is C=C/C=C(\C=C)COC(CC=C)(c1nnc(-c2nc(C(=O)O)c(C(F)(F)F)cc2NC(=O)OC(C)(C)C)o1)C(F)(F)F. The molecule has 0 aliphatic rings. The number of allylic oxidation sites excluding steroid dienone is 2.